The van der Waals surface area contributed by atoms with E-state index in [0.29, 0.717) is 35.1 Å². The third-order valence-corrected chi connectivity index (χ3v) is 9.45. The van der Waals surface area contributed by atoms with E-state index in [2.05, 4.69) is 0 Å². The maximum Gasteiger partial charge on any atom is 0.317 e. The van der Waals surface area contributed by atoms with E-state index in [1.165, 1.54) is 0 Å². The zero-order chi connectivity index (χ0) is 36.1. The Morgan fingerprint density at radius 2 is 1.80 bits per heavy atom. The molecule has 51 heavy (non-hydrogen) atoms. The van der Waals surface area contributed by atoms with Crippen LogP contribution in [0.4, 0.5) is 0 Å². The number of benzene rings is 3. The minimum absolute atomic E-state index is 0.150. The van der Waals surface area contributed by atoms with Crippen LogP contribution in [0.5, 0.6) is 28.7 Å². The first kappa shape index (κ1) is 34.5. The molecule has 8 unspecified atom stereocenters. The average Bonchev–Trinajstić information content (AvgIpc) is 3.71. The highest BCUT2D eigenvalue weighted by Gasteiger charge is 2.51. The van der Waals surface area contributed by atoms with Gasteiger partial charge >= 0.3 is 11.9 Å². The fourth-order valence-corrected chi connectivity index (χ4v) is 7.05. The monoisotopic (exact) mass is 707 g/mol. The number of carbonyl (C=O) groups excluding carboxylic acids is 1. The number of methoxy groups -OCH3 is 2. The second-order valence-electron chi connectivity index (χ2n) is 12.5. The third kappa shape index (κ3) is 6.09. The summed E-state index contributed by atoms with van der Waals surface area (Å²) in [6.07, 6.45) is -13.4. The Labute approximate surface area is 290 Å². The van der Waals surface area contributed by atoms with Crippen LogP contribution in [-0.4, -0.2) is 103 Å². The molecule has 0 radical (unpaired) electrons. The molecule has 8 atom stereocenters. The van der Waals surface area contributed by atoms with Gasteiger partial charge in [0.25, 0.3) is 0 Å². The molecule has 4 aliphatic rings. The number of nitrogens with zero attached hydrogens (tertiary/aromatic N) is 1. The van der Waals surface area contributed by atoms with Crippen LogP contribution in [0.2, 0.25) is 0 Å². The molecule has 16 nitrogen and oxygen atoms in total. The molecule has 1 fully saturated rings. The van der Waals surface area contributed by atoms with Crippen molar-refractivity contribution in [3.8, 4) is 28.7 Å². The number of aliphatic hydroxyl groups excluding tert-OH is 3. The van der Waals surface area contributed by atoms with Gasteiger partial charge in [0, 0.05) is 22.4 Å². The summed E-state index contributed by atoms with van der Waals surface area (Å²) in [5.74, 6) is -0.775. The number of aliphatic hydroxyl groups is 3. The van der Waals surface area contributed by atoms with Crippen LogP contribution in [0.1, 0.15) is 35.1 Å². The van der Waals surface area contributed by atoms with E-state index in [9.17, 15) is 24.9 Å². The van der Waals surface area contributed by atoms with E-state index in [0.717, 1.165) is 27.3 Å². The highest BCUT2D eigenvalue weighted by atomic mass is 16.7. The highest BCUT2D eigenvalue weighted by Crippen LogP contribution is 2.57. The zero-order valence-corrected chi connectivity index (χ0v) is 27.5. The number of carboxylic acids is 1. The zero-order valence-electron chi connectivity index (χ0n) is 27.5. The Hall–Kier alpha value is -4.97. The van der Waals surface area contributed by atoms with Gasteiger partial charge in [-0.05, 0) is 29.3 Å². The predicted molar refractivity (Wildman–Crippen MR) is 174 cm³/mol. The van der Waals surface area contributed by atoms with Gasteiger partial charge in [-0.1, -0.05) is 24.3 Å². The number of rotatable bonds is 10. The summed E-state index contributed by atoms with van der Waals surface area (Å²) in [4.78, 5) is 28.0. The van der Waals surface area contributed by atoms with Crippen molar-refractivity contribution in [2.45, 2.75) is 61.4 Å². The standard InChI is InChI=1S/C35H37N3O13/c1-45-21-8-7-16-19-13-47-22-10-14(48-35-28(44)26(42)27(43)32(51-35)33(34(36)37)49-24(41)11-23(39)40)9-17(18-12-38-20-6-4-3-5-15(18)20)25(22)29(19)50-30(16)31(21)46-2/h3-10,19,26-29,32-35,42-44H,11-13,36-37H2,1-2H3,(H,39,40). The molecule has 7 rings (SSSR count). The first-order chi connectivity index (χ1) is 24.5. The summed E-state index contributed by atoms with van der Waals surface area (Å²) in [6.45, 7) is 0.580. The third-order valence-electron chi connectivity index (χ3n) is 9.45. The number of carboxylic acid groups (broad SMARTS) is 1. The maximum atomic E-state index is 12.2. The number of aliphatic carboxylic acids is 1. The van der Waals surface area contributed by atoms with Crippen LogP contribution in [0.15, 0.2) is 53.5 Å². The van der Waals surface area contributed by atoms with Crippen LogP contribution in [0.25, 0.3) is 5.57 Å². The van der Waals surface area contributed by atoms with Gasteiger partial charge in [-0.15, -0.1) is 0 Å². The molecule has 3 aromatic rings. The van der Waals surface area contributed by atoms with Gasteiger partial charge < -0.3 is 65.1 Å². The summed E-state index contributed by atoms with van der Waals surface area (Å²) in [5.41, 5.74) is 14.8. The lowest BCUT2D eigenvalue weighted by Gasteiger charge is -2.43. The Bertz CT molecular complexity index is 1990. The summed E-state index contributed by atoms with van der Waals surface area (Å²) in [7, 11) is 3.09. The lowest BCUT2D eigenvalue weighted by molar-refractivity contribution is -0.291. The average molecular weight is 708 g/mol. The van der Waals surface area contributed by atoms with E-state index < -0.39 is 67.4 Å². The molecular weight excluding hydrogens is 670 g/mol. The molecule has 1 saturated heterocycles. The van der Waals surface area contributed by atoms with E-state index in [-0.39, 0.29) is 18.3 Å². The van der Waals surface area contributed by atoms with Gasteiger partial charge in [-0.25, -0.2) is 0 Å². The van der Waals surface area contributed by atoms with E-state index in [1.54, 1.807) is 26.4 Å². The van der Waals surface area contributed by atoms with Gasteiger partial charge in [-0.3, -0.25) is 14.6 Å². The molecule has 0 aliphatic carbocycles. The van der Waals surface area contributed by atoms with Crippen molar-refractivity contribution in [3.63, 3.8) is 0 Å². The minimum atomic E-state index is -1.87. The second-order valence-corrected chi connectivity index (χ2v) is 12.5. The summed E-state index contributed by atoms with van der Waals surface area (Å²) < 4.78 is 41.3. The molecular formula is C35H37N3O13. The fraction of sp³-hybridized carbons (Fsp3) is 0.400. The number of carbonyl (C=O) groups is 2. The molecule has 0 spiro atoms. The molecule has 4 aliphatic heterocycles. The number of ether oxygens (including phenoxy) is 7. The Balaban J connectivity index is 1.28. The van der Waals surface area contributed by atoms with Crippen LogP contribution >= 0.6 is 0 Å². The van der Waals surface area contributed by atoms with E-state index in [4.69, 9.17) is 54.7 Å². The van der Waals surface area contributed by atoms with Crippen molar-refractivity contribution < 1.29 is 63.2 Å². The van der Waals surface area contributed by atoms with Crippen LogP contribution in [-0.2, 0) is 19.1 Å². The first-order valence-electron chi connectivity index (χ1n) is 16.1. The quantitative estimate of drug-likeness (QED) is 0.0838. The normalized spacial score (nSPS) is 26.4. The fourth-order valence-electron chi connectivity index (χ4n) is 7.05. The topological polar surface area (TPSA) is 244 Å². The Kier molecular flexibility index (Phi) is 9.21. The van der Waals surface area contributed by atoms with Crippen molar-refractivity contribution >= 4 is 17.5 Å². The minimum Gasteiger partial charge on any atom is -0.493 e. The smallest absolute Gasteiger partial charge is 0.317 e. The van der Waals surface area contributed by atoms with E-state index >= 15 is 0 Å². The molecule has 0 bridgehead atoms. The van der Waals surface area contributed by atoms with Gasteiger partial charge in [0.1, 0.15) is 48.4 Å². The number of para-hydroxylation sites is 1. The molecule has 3 aromatic carbocycles. The summed E-state index contributed by atoms with van der Waals surface area (Å²) in [5, 5.41) is 43.3. The SMILES string of the molecule is COc1ccc2c(c1OC)OC1c3c(cc(OC4OC(C(OC(=O)CC(=O)O)C(N)N)C(O)C(O)C4O)cc3C3=c4ccccc4=NC3)OCC21. The predicted octanol–water partition coefficient (Wildman–Crippen LogP) is -1.04. The Morgan fingerprint density at radius 1 is 1.02 bits per heavy atom. The van der Waals surface area contributed by atoms with Crippen molar-refractivity contribution in [1.29, 1.82) is 0 Å². The Morgan fingerprint density at radius 3 is 2.53 bits per heavy atom. The molecule has 16 heteroatoms. The van der Waals surface area contributed by atoms with Gasteiger partial charge in [0.05, 0.1) is 44.8 Å². The number of hydrogen-bond donors (Lipinski definition) is 6. The first-order valence-corrected chi connectivity index (χ1v) is 16.1. The van der Waals surface area contributed by atoms with Crippen molar-refractivity contribution in [1.82, 2.24) is 0 Å². The second kappa shape index (κ2) is 13.6. The molecule has 8 N–H and O–H groups in total. The number of fused-ring (bicyclic) bond motifs is 6. The van der Waals surface area contributed by atoms with Crippen molar-refractivity contribution in [2.24, 2.45) is 16.5 Å². The number of esters is 1. The van der Waals surface area contributed by atoms with Gasteiger partial charge in [0.2, 0.25) is 12.0 Å². The number of nitrogens with two attached hydrogens (primary N) is 2. The maximum absolute atomic E-state index is 12.2. The van der Waals surface area contributed by atoms with Crippen LogP contribution in [0, 0.1) is 0 Å². The van der Waals surface area contributed by atoms with Crippen molar-refractivity contribution in [3.05, 3.63) is 75.8 Å². The lowest BCUT2D eigenvalue weighted by atomic mass is 9.84. The summed E-state index contributed by atoms with van der Waals surface area (Å²) in [6, 6.07) is 14.7. The van der Waals surface area contributed by atoms with Crippen LogP contribution in [0.3, 0.4) is 0 Å². The highest BCUT2D eigenvalue weighted by molar-refractivity contribution is 5.90. The molecule has 4 heterocycles. The molecule has 0 amide bonds. The van der Waals surface area contributed by atoms with Gasteiger partial charge in [0.15, 0.2) is 17.6 Å². The number of hydrogen-bond acceptors (Lipinski definition) is 15. The lowest BCUT2D eigenvalue weighted by Crippen LogP contribution is -2.66. The molecule has 270 valence electrons. The molecule has 0 saturated carbocycles. The molecule has 0 aromatic heterocycles. The summed E-state index contributed by atoms with van der Waals surface area (Å²) >= 11 is 0. The van der Waals surface area contributed by atoms with Crippen LogP contribution < -0.4 is 45.7 Å². The van der Waals surface area contributed by atoms with E-state index in [1.807, 2.05) is 36.4 Å². The largest absolute Gasteiger partial charge is 0.493 e. The van der Waals surface area contributed by atoms with Gasteiger partial charge in [-0.2, -0.15) is 0 Å². The van der Waals surface area contributed by atoms with Crippen molar-refractivity contribution in [2.75, 3.05) is 27.4 Å².